The fourth-order valence-electron chi connectivity index (χ4n) is 0.715. The molecule has 0 unspecified atom stereocenters. The fourth-order valence-corrected chi connectivity index (χ4v) is 0.715. The van der Waals surface area contributed by atoms with Gasteiger partial charge in [0.2, 0.25) is 0 Å². The van der Waals surface area contributed by atoms with Crippen LogP contribution in [0.1, 0.15) is 12.8 Å². The van der Waals surface area contributed by atoms with Crippen LogP contribution in [0.2, 0.25) is 0 Å². The summed E-state index contributed by atoms with van der Waals surface area (Å²) in [5.74, 6) is 0. The number of nitrogens with zero attached hydrogens (tertiary/aromatic N) is 3. The van der Waals surface area contributed by atoms with Gasteiger partial charge in [0, 0.05) is 13.2 Å². The Morgan fingerprint density at radius 2 is 1.27 bits per heavy atom. The van der Waals surface area contributed by atoms with E-state index in [0.717, 1.165) is 13.2 Å². The van der Waals surface area contributed by atoms with Gasteiger partial charge in [-0.2, -0.15) is 0 Å². The van der Waals surface area contributed by atoms with Crippen LogP contribution in [0.4, 0.5) is 0 Å². The summed E-state index contributed by atoms with van der Waals surface area (Å²) in [5.41, 5.74) is 0. The standard InChI is InChI=1S/C4H8O.C3H3N3/c1-2-4-5-3-1;1-4-2-6-3-5-1/h1-4H2;1-3H. The first-order valence-electron chi connectivity index (χ1n) is 3.63. The smallest absolute Gasteiger partial charge is 0.119 e. The third-order valence-electron chi connectivity index (χ3n) is 1.23. The molecule has 0 atom stereocenters. The maximum absolute atomic E-state index is 4.94. The molecule has 0 amide bonds. The first-order valence-corrected chi connectivity index (χ1v) is 3.63. The van der Waals surface area contributed by atoms with Crippen molar-refractivity contribution in [3.63, 3.8) is 0 Å². The van der Waals surface area contributed by atoms with Gasteiger partial charge in [0.25, 0.3) is 0 Å². The van der Waals surface area contributed by atoms with Gasteiger partial charge in [-0.1, -0.05) is 0 Å². The first kappa shape index (κ1) is 8.07. The Hall–Kier alpha value is -1.03. The molecule has 1 saturated heterocycles. The molecule has 0 spiro atoms. The molecule has 0 saturated carbocycles. The second kappa shape index (κ2) is 5.73. The lowest BCUT2D eigenvalue weighted by atomic mass is 10.4. The molecular formula is C7H11N3O. The Morgan fingerprint density at radius 3 is 1.45 bits per heavy atom. The molecule has 0 N–H and O–H groups in total. The van der Waals surface area contributed by atoms with Crippen LogP contribution in [0.15, 0.2) is 19.0 Å². The van der Waals surface area contributed by atoms with Crippen LogP contribution in [0.5, 0.6) is 0 Å². The predicted octanol–water partition coefficient (Wildman–Crippen LogP) is 0.668. The van der Waals surface area contributed by atoms with Gasteiger partial charge in [-0.25, -0.2) is 15.0 Å². The SMILES string of the molecule is C1CCOC1.c1ncncn1. The van der Waals surface area contributed by atoms with Gasteiger partial charge in [0.05, 0.1) is 0 Å². The molecule has 2 rings (SSSR count). The van der Waals surface area contributed by atoms with Gasteiger partial charge < -0.3 is 4.74 Å². The van der Waals surface area contributed by atoms with Gasteiger partial charge in [-0.05, 0) is 12.8 Å². The summed E-state index contributed by atoms with van der Waals surface area (Å²) >= 11 is 0. The van der Waals surface area contributed by atoms with Crippen LogP contribution in [0, 0.1) is 0 Å². The third-order valence-corrected chi connectivity index (χ3v) is 1.23. The Kier molecular flexibility index (Phi) is 4.21. The van der Waals surface area contributed by atoms with Crippen molar-refractivity contribution < 1.29 is 4.74 Å². The van der Waals surface area contributed by atoms with Crippen molar-refractivity contribution in [2.24, 2.45) is 0 Å². The van der Waals surface area contributed by atoms with Gasteiger partial charge >= 0.3 is 0 Å². The average molecular weight is 153 g/mol. The molecule has 0 aromatic carbocycles. The van der Waals surface area contributed by atoms with Crippen LogP contribution in [-0.4, -0.2) is 28.2 Å². The maximum Gasteiger partial charge on any atom is 0.119 e. The number of aromatic nitrogens is 3. The van der Waals surface area contributed by atoms with Crippen molar-refractivity contribution in [1.29, 1.82) is 0 Å². The van der Waals surface area contributed by atoms with Crippen molar-refractivity contribution in [2.45, 2.75) is 12.8 Å². The molecule has 60 valence electrons. The zero-order chi connectivity index (χ0) is 7.78. The van der Waals surface area contributed by atoms with Crippen LogP contribution < -0.4 is 0 Å². The highest BCUT2D eigenvalue weighted by atomic mass is 16.5. The van der Waals surface area contributed by atoms with E-state index in [2.05, 4.69) is 15.0 Å². The Bertz CT molecular complexity index is 130. The van der Waals surface area contributed by atoms with Gasteiger partial charge in [-0.3, -0.25) is 0 Å². The van der Waals surface area contributed by atoms with Crippen LogP contribution in [-0.2, 0) is 4.74 Å². The summed E-state index contributed by atoms with van der Waals surface area (Å²) in [5, 5.41) is 0. The molecule has 0 aliphatic carbocycles. The van der Waals surface area contributed by atoms with E-state index in [1.54, 1.807) is 0 Å². The Labute approximate surface area is 65.7 Å². The van der Waals surface area contributed by atoms with Crippen molar-refractivity contribution in [3.05, 3.63) is 19.0 Å². The highest BCUT2D eigenvalue weighted by Gasteiger charge is 1.94. The summed E-state index contributed by atoms with van der Waals surface area (Å²) in [6.45, 7) is 2.00. The summed E-state index contributed by atoms with van der Waals surface area (Å²) < 4.78 is 4.94. The summed E-state index contributed by atoms with van der Waals surface area (Å²) in [4.78, 5) is 10.7. The second-order valence-corrected chi connectivity index (χ2v) is 2.11. The summed E-state index contributed by atoms with van der Waals surface area (Å²) in [6, 6.07) is 0. The topological polar surface area (TPSA) is 47.9 Å². The van der Waals surface area contributed by atoms with E-state index in [4.69, 9.17) is 4.74 Å². The molecule has 4 nitrogen and oxygen atoms in total. The third kappa shape index (κ3) is 4.38. The van der Waals surface area contributed by atoms with Gasteiger partial charge in [0.15, 0.2) is 0 Å². The largest absolute Gasteiger partial charge is 0.381 e. The van der Waals surface area contributed by atoms with Crippen LogP contribution in [0.25, 0.3) is 0 Å². The van der Waals surface area contributed by atoms with Crippen molar-refractivity contribution in [1.82, 2.24) is 15.0 Å². The van der Waals surface area contributed by atoms with Crippen molar-refractivity contribution >= 4 is 0 Å². The zero-order valence-corrected chi connectivity index (χ0v) is 6.31. The van der Waals surface area contributed by atoms with Crippen molar-refractivity contribution in [3.8, 4) is 0 Å². The Morgan fingerprint density at radius 1 is 0.818 bits per heavy atom. The predicted molar refractivity (Wildman–Crippen MR) is 39.9 cm³/mol. The Balaban J connectivity index is 0.000000112. The monoisotopic (exact) mass is 153 g/mol. The number of hydrogen-bond acceptors (Lipinski definition) is 4. The average Bonchev–Trinajstić information content (AvgIpc) is 2.64. The molecule has 2 heterocycles. The highest BCUT2D eigenvalue weighted by Crippen LogP contribution is 1.98. The molecule has 1 aromatic rings. The second-order valence-electron chi connectivity index (χ2n) is 2.11. The lowest BCUT2D eigenvalue weighted by Crippen LogP contribution is -1.74. The quantitative estimate of drug-likeness (QED) is 0.549. The lowest BCUT2D eigenvalue weighted by molar-refractivity contribution is 0.198. The molecule has 0 bridgehead atoms. The van der Waals surface area contributed by atoms with E-state index in [0.29, 0.717) is 0 Å². The fraction of sp³-hybridized carbons (Fsp3) is 0.571. The molecule has 1 fully saturated rings. The first-order chi connectivity index (χ1) is 5.50. The minimum atomic E-state index is 1.00. The molecule has 1 aliphatic rings. The molecule has 0 radical (unpaired) electrons. The molecule has 1 aliphatic heterocycles. The van der Waals surface area contributed by atoms with E-state index >= 15 is 0 Å². The molecule has 4 heteroatoms. The van der Waals surface area contributed by atoms with Crippen LogP contribution in [0.3, 0.4) is 0 Å². The van der Waals surface area contributed by atoms with Gasteiger partial charge in [-0.15, -0.1) is 0 Å². The number of hydrogen-bond donors (Lipinski definition) is 0. The normalized spacial score (nSPS) is 15.3. The maximum atomic E-state index is 4.94. The van der Waals surface area contributed by atoms with E-state index < -0.39 is 0 Å². The van der Waals surface area contributed by atoms with Crippen molar-refractivity contribution in [2.75, 3.05) is 13.2 Å². The van der Waals surface area contributed by atoms with E-state index in [1.807, 2.05) is 0 Å². The van der Waals surface area contributed by atoms with Gasteiger partial charge in [0.1, 0.15) is 19.0 Å². The summed E-state index contributed by atoms with van der Waals surface area (Å²) in [6.07, 6.45) is 6.87. The van der Waals surface area contributed by atoms with E-state index in [-0.39, 0.29) is 0 Å². The molecule has 11 heavy (non-hydrogen) atoms. The number of ether oxygens (including phenoxy) is 1. The molecular weight excluding hydrogens is 142 g/mol. The lowest BCUT2D eigenvalue weighted by Gasteiger charge is -1.76. The summed E-state index contributed by atoms with van der Waals surface area (Å²) in [7, 11) is 0. The van der Waals surface area contributed by atoms with Crippen LogP contribution >= 0.6 is 0 Å². The highest BCUT2D eigenvalue weighted by molar-refractivity contribution is 4.51. The number of rotatable bonds is 0. The minimum absolute atomic E-state index is 1.00. The molecule has 1 aromatic heterocycles. The minimum Gasteiger partial charge on any atom is -0.381 e. The zero-order valence-electron chi connectivity index (χ0n) is 6.31. The van der Waals surface area contributed by atoms with E-state index in [1.165, 1.54) is 31.8 Å². The van der Waals surface area contributed by atoms with E-state index in [9.17, 15) is 0 Å².